The minimum absolute atomic E-state index is 0.459. The highest BCUT2D eigenvalue weighted by molar-refractivity contribution is 5.93. The van der Waals surface area contributed by atoms with Crippen molar-refractivity contribution in [3.05, 3.63) is 29.8 Å². The summed E-state index contributed by atoms with van der Waals surface area (Å²) < 4.78 is 23.9. The minimum atomic E-state index is -2.97. The quantitative estimate of drug-likeness (QED) is 0.795. The number of nitrogens with one attached hydrogen (secondary N) is 1. The van der Waals surface area contributed by atoms with Crippen LogP contribution in [0.5, 0.6) is 0 Å². The fourth-order valence-corrected chi connectivity index (χ4v) is 1.14. The number of aryl methyl sites for hydroxylation is 1. The summed E-state index contributed by atoms with van der Waals surface area (Å²) in [7, 11) is 0. The van der Waals surface area contributed by atoms with Gasteiger partial charge in [0.2, 0.25) is 0 Å². The van der Waals surface area contributed by atoms with Crippen LogP contribution in [0.15, 0.2) is 24.3 Å². The number of hydrogen-bond acceptors (Lipinski definition) is 1. The third kappa shape index (κ3) is 2.52. The van der Waals surface area contributed by atoms with Gasteiger partial charge in [0.25, 0.3) is 5.91 Å². The van der Waals surface area contributed by atoms with Crippen molar-refractivity contribution in [3.8, 4) is 0 Å². The van der Waals surface area contributed by atoms with E-state index < -0.39 is 12.3 Å². The van der Waals surface area contributed by atoms with E-state index in [2.05, 4.69) is 5.32 Å². The molecular formula is C10H11F2NO. The van der Waals surface area contributed by atoms with Crippen molar-refractivity contribution in [2.45, 2.75) is 19.8 Å². The highest BCUT2D eigenvalue weighted by Gasteiger charge is 2.15. The number of alkyl halides is 2. The summed E-state index contributed by atoms with van der Waals surface area (Å²) in [6.45, 7) is 1.90. The molecule has 0 heterocycles. The molecule has 0 aromatic heterocycles. The van der Waals surface area contributed by atoms with E-state index >= 15 is 0 Å². The monoisotopic (exact) mass is 199 g/mol. The molecule has 1 aromatic rings. The smallest absolute Gasteiger partial charge is 0.315 e. The van der Waals surface area contributed by atoms with E-state index in [9.17, 15) is 13.6 Å². The third-order valence-corrected chi connectivity index (χ3v) is 1.85. The number of rotatable bonds is 3. The van der Waals surface area contributed by atoms with Gasteiger partial charge in [-0.25, -0.2) is 0 Å². The molecule has 0 bridgehead atoms. The normalized spacial score (nSPS) is 10.3. The van der Waals surface area contributed by atoms with Crippen LogP contribution in [-0.4, -0.2) is 12.3 Å². The lowest BCUT2D eigenvalue weighted by Crippen LogP contribution is -2.20. The molecule has 1 amide bonds. The van der Waals surface area contributed by atoms with E-state index in [0.717, 1.165) is 5.56 Å². The maximum Gasteiger partial charge on any atom is 0.315 e. The average molecular weight is 199 g/mol. The largest absolute Gasteiger partial charge is 0.321 e. The fourth-order valence-electron chi connectivity index (χ4n) is 1.14. The van der Waals surface area contributed by atoms with E-state index in [1.54, 1.807) is 24.3 Å². The highest BCUT2D eigenvalue weighted by Crippen LogP contribution is 2.15. The van der Waals surface area contributed by atoms with Gasteiger partial charge in [-0.05, 0) is 18.1 Å². The topological polar surface area (TPSA) is 29.1 Å². The molecule has 0 aliphatic heterocycles. The maximum atomic E-state index is 11.9. The first kappa shape index (κ1) is 10.6. The van der Waals surface area contributed by atoms with Crippen LogP contribution in [0.4, 0.5) is 14.5 Å². The summed E-state index contributed by atoms with van der Waals surface area (Å²) in [5.74, 6) is -1.26. The predicted molar refractivity (Wildman–Crippen MR) is 50.5 cm³/mol. The zero-order valence-corrected chi connectivity index (χ0v) is 7.76. The molecule has 0 aliphatic carbocycles. The maximum absolute atomic E-state index is 11.9. The molecule has 0 fully saturated rings. The molecule has 2 nitrogen and oxygen atoms in total. The SMILES string of the molecule is CCc1ccccc1NC(=O)C(F)F. The number of benzene rings is 1. The summed E-state index contributed by atoms with van der Waals surface area (Å²) in [5.41, 5.74) is 1.31. The van der Waals surface area contributed by atoms with E-state index in [-0.39, 0.29) is 0 Å². The molecular weight excluding hydrogens is 188 g/mol. The number of anilines is 1. The molecule has 0 radical (unpaired) electrons. The summed E-state index contributed by atoms with van der Waals surface area (Å²) in [6, 6.07) is 6.90. The first-order chi connectivity index (χ1) is 6.65. The molecule has 0 aliphatic rings. The van der Waals surface area contributed by atoms with Crippen LogP contribution < -0.4 is 5.32 Å². The zero-order chi connectivity index (χ0) is 10.6. The Bertz CT molecular complexity index is 326. The second-order valence-corrected chi connectivity index (χ2v) is 2.80. The summed E-state index contributed by atoms with van der Waals surface area (Å²) >= 11 is 0. The first-order valence-corrected chi connectivity index (χ1v) is 4.32. The molecule has 76 valence electrons. The summed E-state index contributed by atoms with van der Waals surface area (Å²) in [6.07, 6.45) is -2.28. The van der Waals surface area contributed by atoms with Crippen molar-refractivity contribution >= 4 is 11.6 Å². The van der Waals surface area contributed by atoms with Gasteiger partial charge in [-0.3, -0.25) is 4.79 Å². The fraction of sp³-hybridized carbons (Fsp3) is 0.300. The van der Waals surface area contributed by atoms with Crippen LogP contribution in [0.1, 0.15) is 12.5 Å². The summed E-state index contributed by atoms with van der Waals surface area (Å²) in [4.78, 5) is 10.7. The Kier molecular flexibility index (Phi) is 3.56. The molecule has 1 rings (SSSR count). The number of halogens is 2. The van der Waals surface area contributed by atoms with Gasteiger partial charge < -0.3 is 5.32 Å². The molecule has 0 unspecified atom stereocenters. The predicted octanol–water partition coefficient (Wildman–Crippen LogP) is 2.45. The lowest BCUT2D eigenvalue weighted by molar-refractivity contribution is -0.126. The molecule has 14 heavy (non-hydrogen) atoms. The van der Waals surface area contributed by atoms with Crippen LogP contribution in [0, 0.1) is 0 Å². The number of carbonyl (C=O) groups is 1. The van der Waals surface area contributed by atoms with Crippen molar-refractivity contribution in [1.82, 2.24) is 0 Å². The van der Waals surface area contributed by atoms with E-state index in [4.69, 9.17) is 0 Å². The van der Waals surface area contributed by atoms with Gasteiger partial charge >= 0.3 is 6.43 Å². The van der Waals surface area contributed by atoms with Gasteiger partial charge in [-0.15, -0.1) is 0 Å². The summed E-state index contributed by atoms with van der Waals surface area (Å²) in [5, 5.41) is 2.17. The zero-order valence-electron chi connectivity index (χ0n) is 7.76. The molecule has 1 N–H and O–H groups in total. The van der Waals surface area contributed by atoms with Crippen LogP contribution >= 0.6 is 0 Å². The first-order valence-electron chi connectivity index (χ1n) is 4.32. The Hall–Kier alpha value is -1.45. The highest BCUT2D eigenvalue weighted by atomic mass is 19.3. The Morgan fingerprint density at radius 3 is 2.64 bits per heavy atom. The molecule has 4 heteroatoms. The molecule has 0 atom stereocenters. The third-order valence-electron chi connectivity index (χ3n) is 1.85. The van der Waals surface area contributed by atoms with E-state index in [1.165, 1.54) is 0 Å². The Balaban J connectivity index is 2.80. The second kappa shape index (κ2) is 4.69. The lowest BCUT2D eigenvalue weighted by Gasteiger charge is -2.08. The van der Waals surface area contributed by atoms with Crippen LogP contribution in [-0.2, 0) is 11.2 Å². The average Bonchev–Trinajstić information content (AvgIpc) is 2.18. The number of para-hydroxylation sites is 1. The minimum Gasteiger partial charge on any atom is -0.321 e. The van der Waals surface area contributed by atoms with Crippen molar-refractivity contribution in [2.75, 3.05) is 5.32 Å². The van der Waals surface area contributed by atoms with Gasteiger partial charge in [0.1, 0.15) is 0 Å². The van der Waals surface area contributed by atoms with Crippen LogP contribution in [0.3, 0.4) is 0 Å². The van der Waals surface area contributed by atoms with Crippen molar-refractivity contribution in [3.63, 3.8) is 0 Å². The van der Waals surface area contributed by atoms with Crippen molar-refractivity contribution in [1.29, 1.82) is 0 Å². The molecule has 0 saturated heterocycles. The van der Waals surface area contributed by atoms with Crippen molar-refractivity contribution in [2.24, 2.45) is 0 Å². The number of carbonyl (C=O) groups excluding carboxylic acids is 1. The Labute approximate surface area is 80.9 Å². The van der Waals surface area contributed by atoms with Crippen LogP contribution in [0.25, 0.3) is 0 Å². The lowest BCUT2D eigenvalue weighted by atomic mass is 10.1. The van der Waals surface area contributed by atoms with E-state index in [0.29, 0.717) is 12.1 Å². The molecule has 0 spiro atoms. The van der Waals surface area contributed by atoms with Gasteiger partial charge in [0.05, 0.1) is 0 Å². The molecule has 1 aromatic carbocycles. The van der Waals surface area contributed by atoms with Gasteiger partial charge in [-0.1, -0.05) is 25.1 Å². The molecule has 0 saturated carbocycles. The number of amides is 1. The van der Waals surface area contributed by atoms with Crippen LogP contribution in [0.2, 0.25) is 0 Å². The van der Waals surface area contributed by atoms with Crippen molar-refractivity contribution < 1.29 is 13.6 Å². The Morgan fingerprint density at radius 1 is 1.43 bits per heavy atom. The van der Waals surface area contributed by atoms with E-state index in [1.807, 2.05) is 6.92 Å². The number of hydrogen-bond donors (Lipinski definition) is 1. The van der Waals surface area contributed by atoms with Gasteiger partial charge in [0, 0.05) is 5.69 Å². The Morgan fingerprint density at radius 2 is 2.07 bits per heavy atom. The second-order valence-electron chi connectivity index (χ2n) is 2.80. The van der Waals surface area contributed by atoms with Gasteiger partial charge in [-0.2, -0.15) is 8.78 Å². The standard InChI is InChI=1S/C10H11F2NO/c1-2-7-5-3-4-6-8(7)13-10(14)9(11)12/h3-6,9H,2H2,1H3,(H,13,14). The van der Waals surface area contributed by atoms with Gasteiger partial charge in [0.15, 0.2) is 0 Å².